The van der Waals surface area contributed by atoms with Crippen molar-refractivity contribution in [2.24, 2.45) is 0 Å². The van der Waals surface area contributed by atoms with Gasteiger partial charge in [0, 0.05) is 11.4 Å². The summed E-state index contributed by atoms with van der Waals surface area (Å²) in [4.78, 5) is 36.8. The van der Waals surface area contributed by atoms with Gasteiger partial charge in [0.2, 0.25) is 5.91 Å². The lowest BCUT2D eigenvalue weighted by Crippen LogP contribution is -2.42. The third kappa shape index (κ3) is 4.85. The second-order valence-corrected chi connectivity index (χ2v) is 5.34. The molecule has 0 saturated heterocycles. The summed E-state index contributed by atoms with van der Waals surface area (Å²) >= 11 is 1.33. The van der Waals surface area contributed by atoms with Crippen LogP contribution in [0.4, 0.5) is 0 Å². The number of thiophene rings is 1. The van der Waals surface area contributed by atoms with Crippen LogP contribution < -0.4 is 5.32 Å². The first kappa shape index (κ1) is 15.9. The molecule has 0 bridgehead atoms. The summed E-state index contributed by atoms with van der Waals surface area (Å²) in [5.74, 6) is -1.92. The number of rotatable bonds is 7. The van der Waals surface area contributed by atoms with Crippen molar-refractivity contribution in [1.29, 1.82) is 0 Å². The molecule has 0 radical (unpaired) electrons. The summed E-state index contributed by atoms with van der Waals surface area (Å²) < 4.78 is 0. The van der Waals surface area contributed by atoms with E-state index in [-0.39, 0.29) is 19.0 Å². The van der Waals surface area contributed by atoms with Crippen molar-refractivity contribution in [3.8, 4) is 0 Å². The predicted molar refractivity (Wildman–Crippen MR) is 75.8 cm³/mol. The molecule has 0 atom stereocenters. The number of hydrogen-bond acceptors (Lipinski definition) is 4. The maximum absolute atomic E-state index is 11.8. The highest BCUT2D eigenvalue weighted by Gasteiger charge is 2.17. The first-order valence-corrected chi connectivity index (χ1v) is 6.70. The number of aryl methyl sites for hydroxylation is 1. The highest BCUT2D eigenvalue weighted by Crippen LogP contribution is 2.14. The number of hydrogen-bond donors (Lipinski definition) is 2. The first-order chi connectivity index (χ1) is 9.43. The molecule has 0 aliphatic heterocycles. The van der Waals surface area contributed by atoms with Gasteiger partial charge in [-0.25, -0.2) is 0 Å². The number of carboxylic acid groups (broad SMARTS) is 1. The Morgan fingerprint density at radius 3 is 2.65 bits per heavy atom. The zero-order chi connectivity index (χ0) is 15.1. The molecule has 0 aliphatic rings. The third-order valence-electron chi connectivity index (χ3n) is 2.39. The molecule has 108 valence electrons. The summed E-state index contributed by atoms with van der Waals surface area (Å²) in [6, 6.07) is 3.49. The normalized spacial score (nSPS) is 9.85. The van der Waals surface area contributed by atoms with E-state index in [1.54, 1.807) is 6.07 Å². The monoisotopic (exact) mass is 296 g/mol. The fourth-order valence-electron chi connectivity index (χ4n) is 1.49. The van der Waals surface area contributed by atoms with Gasteiger partial charge >= 0.3 is 5.97 Å². The Labute approximate surface area is 120 Å². The number of carbonyl (C=O) groups excluding carboxylic acids is 2. The van der Waals surface area contributed by atoms with Gasteiger partial charge in [0.1, 0.15) is 6.54 Å². The fraction of sp³-hybridized carbons (Fsp3) is 0.308. The van der Waals surface area contributed by atoms with Gasteiger partial charge in [-0.1, -0.05) is 6.08 Å². The summed E-state index contributed by atoms with van der Waals surface area (Å²) in [7, 11) is 0. The molecule has 2 amide bonds. The van der Waals surface area contributed by atoms with E-state index in [2.05, 4.69) is 11.9 Å². The van der Waals surface area contributed by atoms with Gasteiger partial charge in [0.05, 0.1) is 11.4 Å². The van der Waals surface area contributed by atoms with Crippen LogP contribution in [0.25, 0.3) is 0 Å². The molecule has 1 aromatic heterocycles. The topological polar surface area (TPSA) is 86.7 Å². The number of carbonyl (C=O) groups is 3. The average Bonchev–Trinajstić information content (AvgIpc) is 2.81. The van der Waals surface area contributed by atoms with Crippen molar-refractivity contribution >= 4 is 29.1 Å². The van der Waals surface area contributed by atoms with Crippen LogP contribution in [0.1, 0.15) is 14.5 Å². The second kappa shape index (κ2) is 7.44. The van der Waals surface area contributed by atoms with Gasteiger partial charge < -0.3 is 15.3 Å². The fourth-order valence-corrected chi connectivity index (χ4v) is 2.27. The highest BCUT2D eigenvalue weighted by molar-refractivity contribution is 7.13. The van der Waals surface area contributed by atoms with Crippen molar-refractivity contribution < 1.29 is 19.5 Å². The van der Waals surface area contributed by atoms with Crippen LogP contribution >= 0.6 is 11.3 Å². The Morgan fingerprint density at radius 1 is 1.45 bits per heavy atom. The second-order valence-electron chi connectivity index (χ2n) is 4.05. The lowest BCUT2D eigenvalue weighted by molar-refractivity contribution is -0.143. The maximum Gasteiger partial charge on any atom is 0.323 e. The van der Waals surface area contributed by atoms with Crippen molar-refractivity contribution in [3.05, 3.63) is 34.5 Å². The smallest absolute Gasteiger partial charge is 0.323 e. The van der Waals surface area contributed by atoms with Crippen LogP contribution in [0.2, 0.25) is 0 Å². The van der Waals surface area contributed by atoms with Gasteiger partial charge in [-0.05, 0) is 19.1 Å². The Balaban J connectivity index is 2.53. The summed E-state index contributed by atoms with van der Waals surface area (Å²) in [6.07, 6.45) is 1.44. The van der Waals surface area contributed by atoms with E-state index >= 15 is 0 Å². The van der Waals surface area contributed by atoms with E-state index in [1.165, 1.54) is 17.4 Å². The molecule has 0 aliphatic carbocycles. The largest absolute Gasteiger partial charge is 0.480 e. The van der Waals surface area contributed by atoms with E-state index in [1.807, 2.05) is 13.0 Å². The minimum atomic E-state index is -1.11. The van der Waals surface area contributed by atoms with Gasteiger partial charge in [-0.15, -0.1) is 17.9 Å². The highest BCUT2D eigenvalue weighted by atomic mass is 32.1. The van der Waals surface area contributed by atoms with Crippen molar-refractivity contribution in [3.63, 3.8) is 0 Å². The summed E-state index contributed by atoms with van der Waals surface area (Å²) in [6.45, 7) is 4.81. The molecular formula is C13H16N2O4S. The Kier molecular flexibility index (Phi) is 5.92. The Morgan fingerprint density at radius 2 is 2.15 bits per heavy atom. The quantitative estimate of drug-likeness (QED) is 0.731. The van der Waals surface area contributed by atoms with Crippen molar-refractivity contribution in [2.75, 3.05) is 19.6 Å². The maximum atomic E-state index is 11.8. The Hall–Kier alpha value is -2.15. The predicted octanol–water partition coefficient (Wildman–Crippen LogP) is 0.886. The van der Waals surface area contributed by atoms with Crippen LogP contribution in [-0.2, 0) is 9.59 Å². The summed E-state index contributed by atoms with van der Waals surface area (Å²) in [5.41, 5.74) is 0. The lowest BCUT2D eigenvalue weighted by Gasteiger charge is -2.18. The van der Waals surface area contributed by atoms with E-state index < -0.39 is 18.4 Å². The number of aliphatic carboxylic acids is 1. The molecule has 2 N–H and O–H groups in total. The van der Waals surface area contributed by atoms with Crippen LogP contribution in [0, 0.1) is 6.92 Å². The molecule has 20 heavy (non-hydrogen) atoms. The van der Waals surface area contributed by atoms with Crippen molar-refractivity contribution in [2.45, 2.75) is 6.92 Å². The molecular weight excluding hydrogens is 280 g/mol. The van der Waals surface area contributed by atoms with E-state index in [9.17, 15) is 14.4 Å². The van der Waals surface area contributed by atoms with E-state index in [4.69, 9.17) is 5.11 Å². The molecule has 1 aromatic rings. The lowest BCUT2D eigenvalue weighted by atomic mass is 10.4. The molecule has 0 spiro atoms. The van der Waals surface area contributed by atoms with Gasteiger partial charge in [-0.3, -0.25) is 14.4 Å². The number of nitrogens with one attached hydrogen (secondary N) is 1. The molecule has 0 saturated carbocycles. The zero-order valence-corrected chi connectivity index (χ0v) is 11.9. The first-order valence-electron chi connectivity index (χ1n) is 5.89. The minimum absolute atomic E-state index is 0.124. The number of carboxylic acids is 1. The molecule has 0 fully saturated rings. The van der Waals surface area contributed by atoms with E-state index in [0.29, 0.717) is 4.88 Å². The Bertz CT molecular complexity index is 524. The van der Waals surface area contributed by atoms with Gasteiger partial charge in [-0.2, -0.15) is 0 Å². The molecule has 0 aromatic carbocycles. The van der Waals surface area contributed by atoms with Gasteiger partial charge in [0.25, 0.3) is 5.91 Å². The number of nitrogens with zero attached hydrogens (tertiary/aromatic N) is 1. The third-order valence-corrected chi connectivity index (χ3v) is 3.39. The van der Waals surface area contributed by atoms with Crippen LogP contribution in [0.3, 0.4) is 0 Å². The van der Waals surface area contributed by atoms with Crippen molar-refractivity contribution in [1.82, 2.24) is 10.2 Å². The molecule has 1 heterocycles. The summed E-state index contributed by atoms with van der Waals surface area (Å²) in [5, 5.41) is 11.2. The number of amides is 2. The SMILES string of the molecule is C=CCN(CC(=O)O)C(=O)CNC(=O)c1ccc(C)s1. The van der Waals surface area contributed by atoms with E-state index in [0.717, 1.165) is 9.78 Å². The zero-order valence-electron chi connectivity index (χ0n) is 11.1. The van der Waals surface area contributed by atoms with Crippen LogP contribution in [-0.4, -0.2) is 47.4 Å². The molecule has 7 heteroatoms. The molecule has 0 unspecified atom stereocenters. The van der Waals surface area contributed by atoms with Crippen LogP contribution in [0.15, 0.2) is 24.8 Å². The standard InChI is InChI=1S/C13H16N2O4S/c1-3-6-15(8-12(17)18)11(16)7-14-13(19)10-5-4-9(2)20-10/h3-5H,1,6-8H2,2H3,(H,14,19)(H,17,18). The average molecular weight is 296 g/mol. The molecule has 1 rings (SSSR count). The van der Waals surface area contributed by atoms with Crippen LogP contribution in [0.5, 0.6) is 0 Å². The minimum Gasteiger partial charge on any atom is -0.480 e. The molecule has 6 nitrogen and oxygen atoms in total. The van der Waals surface area contributed by atoms with Gasteiger partial charge in [0.15, 0.2) is 0 Å².